The number of nitrogens with one attached hydrogen (secondary N) is 3. The molecule has 1 unspecified atom stereocenters. The van der Waals surface area contributed by atoms with Crippen LogP contribution < -0.4 is 16.0 Å². The number of carbonyl (C=O) groups excluding carboxylic acids is 2. The van der Waals surface area contributed by atoms with Crippen LogP contribution in [0.2, 0.25) is 0 Å². The van der Waals surface area contributed by atoms with Crippen LogP contribution in [0.3, 0.4) is 0 Å². The first-order valence-corrected chi connectivity index (χ1v) is 5.92. The van der Waals surface area contributed by atoms with Gasteiger partial charge >= 0.3 is 12.0 Å². The largest absolute Gasteiger partial charge is 0.480 e. The first-order chi connectivity index (χ1) is 9.49. The van der Waals surface area contributed by atoms with E-state index < -0.39 is 24.5 Å². The summed E-state index contributed by atoms with van der Waals surface area (Å²) in [6, 6.07) is 2.79. The molecule has 0 radical (unpaired) electrons. The standard InChI is InChI=1S/C12H16N4O4/c1-8(9-2-4-13-5-3-9)16-12(20)15-6-10(17)14-7-11(18)19/h2-5,8H,6-7H2,1H3,(H,14,17)(H,18,19)(H2,15,16,20). The summed E-state index contributed by atoms with van der Waals surface area (Å²) in [5.41, 5.74) is 0.880. The van der Waals surface area contributed by atoms with Crippen LogP contribution in [-0.4, -0.2) is 41.1 Å². The molecule has 1 heterocycles. The Morgan fingerprint density at radius 3 is 2.45 bits per heavy atom. The van der Waals surface area contributed by atoms with Crippen molar-refractivity contribution in [2.45, 2.75) is 13.0 Å². The number of rotatable bonds is 6. The quantitative estimate of drug-likeness (QED) is 0.567. The third kappa shape index (κ3) is 5.80. The number of urea groups is 1. The van der Waals surface area contributed by atoms with Gasteiger partial charge < -0.3 is 21.1 Å². The lowest BCUT2D eigenvalue weighted by Gasteiger charge is -2.14. The van der Waals surface area contributed by atoms with Crippen molar-refractivity contribution in [3.05, 3.63) is 30.1 Å². The summed E-state index contributed by atoms with van der Waals surface area (Å²) in [6.07, 6.45) is 3.23. The molecule has 0 saturated carbocycles. The Labute approximate surface area is 115 Å². The van der Waals surface area contributed by atoms with Gasteiger partial charge in [-0.15, -0.1) is 0 Å². The molecular weight excluding hydrogens is 264 g/mol. The van der Waals surface area contributed by atoms with E-state index in [1.54, 1.807) is 31.5 Å². The van der Waals surface area contributed by atoms with Crippen molar-refractivity contribution in [2.24, 2.45) is 0 Å². The third-order valence-electron chi connectivity index (χ3n) is 2.40. The Hall–Kier alpha value is -2.64. The van der Waals surface area contributed by atoms with Crippen LogP contribution in [0.25, 0.3) is 0 Å². The molecule has 0 aliphatic heterocycles. The lowest BCUT2D eigenvalue weighted by molar-refractivity contribution is -0.137. The van der Waals surface area contributed by atoms with Crippen molar-refractivity contribution < 1.29 is 19.5 Å². The molecule has 3 amide bonds. The summed E-state index contributed by atoms with van der Waals surface area (Å²) in [4.78, 5) is 36.8. The number of carboxylic acid groups (broad SMARTS) is 1. The van der Waals surface area contributed by atoms with Crippen LogP contribution in [0.15, 0.2) is 24.5 Å². The second-order valence-corrected chi connectivity index (χ2v) is 4.00. The molecule has 108 valence electrons. The molecule has 0 spiro atoms. The van der Waals surface area contributed by atoms with Crippen molar-refractivity contribution in [3.8, 4) is 0 Å². The normalized spacial score (nSPS) is 11.2. The summed E-state index contributed by atoms with van der Waals surface area (Å²) in [6.45, 7) is 1.02. The SMILES string of the molecule is CC(NC(=O)NCC(=O)NCC(=O)O)c1ccncc1. The van der Waals surface area contributed by atoms with Crippen molar-refractivity contribution in [3.63, 3.8) is 0 Å². The third-order valence-corrected chi connectivity index (χ3v) is 2.40. The summed E-state index contributed by atoms with van der Waals surface area (Å²) in [5.74, 6) is -1.71. The van der Waals surface area contributed by atoms with Crippen molar-refractivity contribution >= 4 is 17.9 Å². The minimum Gasteiger partial charge on any atom is -0.480 e. The van der Waals surface area contributed by atoms with Crippen molar-refractivity contribution in [2.75, 3.05) is 13.1 Å². The highest BCUT2D eigenvalue weighted by molar-refractivity contribution is 5.86. The Bertz CT molecular complexity index is 478. The maximum Gasteiger partial charge on any atom is 0.322 e. The first kappa shape index (κ1) is 15.4. The molecule has 0 aromatic carbocycles. The number of amides is 3. The van der Waals surface area contributed by atoms with E-state index in [2.05, 4.69) is 20.9 Å². The number of aliphatic carboxylic acids is 1. The van der Waals surface area contributed by atoms with E-state index >= 15 is 0 Å². The zero-order valence-corrected chi connectivity index (χ0v) is 10.9. The minimum atomic E-state index is -1.14. The predicted molar refractivity (Wildman–Crippen MR) is 69.8 cm³/mol. The van der Waals surface area contributed by atoms with Crippen LogP contribution in [0.1, 0.15) is 18.5 Å². The van der Waals surface area contributed by atoms with Gasteiger partial charge in [-0.3, -0.25) is 14.6 Å². The fourth-order valence-electron chi connectivity index (χ4n) is 1.38. The van der Waals surface area contributed by atoms with Gasteiger partial charge in [0.2, 0.25) is 5.91 Å². The van der Waals surface area contributed by atoms with E-state index in [0.717, 1.165) is 5.56 Å². The van der Waals surface area contributed by atoms with E-state index in [1.807, 2.05) is 0 Å². The molecule has 0 bridgehead atoms. The highest BCUT2D eigenvalue weighted by Crippen LogP contribution is 2.09. The highest BCUT2D eigenvalue weighted by atomic mass is 16.4. The molecule has 0 fully saturated rings. The van der Waals surface area contributed by atoms with Gasteiger partial charge in [-0.1, -0.05) is 0 Å². The monoisotopic (exact) mass is 280 g/mol. The molecule has 1 atom stereocenters. The molecule has 8 heteroatoms. The lowest BCUT2D eigenvalue weighted by atomic mass is 10.1. The average Bonchev–Trinajstić information content (AvgIpc) is 2.43. The van der Waals surface area contributed by atoms with E-state index in [1.165, 1.54) is 0 Å². The smallest absolute Gasteiger partial charge is 0.322 e. The van der Waals surface area contributed by atoms with Crippen molar-refractivity contribution in [1.82, 2.24) is 20.9 Å². The highest BCUT2D eigenvalue weighted by Gasteiger charge is 2.10. The fraction of sp³-hybridized carbons (Fsp3) is 0.333. The van der Waals surface area contributed by atoms with Gasteiger partial charge in [-0.05, 0) is 24.6 Å². The molecule has 0 aliphatic carbocycles. The van der Waals surface area contributed by atoms with Crippen molar-refractivity contribution in [1.29, 1.82) is 0 Å². The minimum absolute atomic E-state index is 0.236. The zero-order chi connectivity index (χ0) is 15.0. The molecule has 0 aliphatic rings. The van der Waals surface area contributed by atoms with Crippen LogP contribution in [0.4, 0.5) is 4.79 Å². The van der Waals surface area contributed by atoms with Crippen LogP contribution in [0, 0.1) is 0 Å². The van der Waals surface area contributed by atoms with Gasteiger partial charge in [0.1, 0.15) is 6.54 Å². The van der Waals surface area contributed by atoms with Crippen LogP contribution in [-0.2, 0) is 9.59 Å². The zero-order valence-electron chi connectivity index (χ0n) is 10.9. The number of carbonyl (C=O) groups is 3. The number of pyridine rings is 1. The summed E-state index contributed by atoms with van der Waals surface area (Å²) < 4.78 is 0. The van der Waals surface area contributed by atoms with E-state index in [-0.39, 0.29) is 12.6 Å². The molecule has 1 aromatic heterocycles. The number of carboxylic acids is 1. The molecule has 4 N–H and O–H groups in total. The number of hydrogen-bond acceptors (Lipinski definition) is 4. The Morgan fingerprint density at radius 1 is 1.20 bits per heavy atom. The fourth-order valence-corrected chi connectivity index (χ4v) is 1.38. The van der Waals surface area contributed by atoms with Gasteiger partial charge in [0.25, 0.3) is 0 Å². The van der Waals surface area contributed by atoms with E-state index in [9.17, 15) is 14.4 Å². The molecule has 1 rings (SSSR count). The average molecular weight is 280 g/mol. The maximum atomic E-state index is 11.5. The number of nitrogens with zero attached hydrogens (tertiary/aromatic N) is 1. The molecule has 1 aromatic rings. The number of aromatic nitrogens is 1. The molecule has 20 heavy (non-hydrogen) atoms. The van der Waals surface area contributed by atoms with Gasteiger partial charge in [-0.25, -0.2) is 4.79 Å². The second-order valence-electron chi connectivity index (χ2n) is 4.00. The van der Waals surface area contributed by atoms with Gasteiger partial charge in [0.05, 0.1) is 12.6 Å². The maximum absolute atomic E-state index is 11.5. The van der Waals surface area contributed by atoms with Crippen LogP contribution >= 0.6 is 0 Å². The van der Waals surface area contributed by atoms with Gasteiger partial charge in [0, 0.05) is 12.4 Å². The van der Waals surface area contributed by atoms with Crippen LogP contribution in [0.5, 0.6) is 0 Å². The summed E-state index contributed by atoms with van der Waals surface area (Å²) in [5, 5.41) is 15.5. The Morgan fingerprint density at radius 2 is 1.85 bits per heavy atom. The summed E-state index contributed by atoms with van der Waals surface area (Å²) >= 11 is 0. The first-order valence-electron chi connectivity index (χ1n) is 5.92. The Balaban J connectivity index is 2.30. The lowest BCUT2D eigenvalue weighted by Crippen LogP contribution is -2.43. The Kier molecular flexibility index (Phi) is 5.95. The second kappa shape index (κ2) is 7.72. The molecule has 8 nitrogen and oxygen atoms in total. The van der Waals surface area contributed by atoms with Gasteiger partial charge in [0.15, 0.2) is 0 Å². The predicted octanol–water partition coefficient (Wildman–Crippen LogP) is -0.357. The number of hydrogen-bond donors (Lipinski definition) is 4. The van der Waals surface area contributed by atoms with E-state index in [0.29, 0.717) is 0 Å². The summed E-state index contributed by atoms with van der Waals surface area (Å²) in [7, 11) is 0. The topological polar surface area (TPSA) is 120 Å². The van der Waals surface area contributed by atoms with Gasteiger partial charge in [-0.2, -0.15) is 0 Å². The van der Waals surface area contributed by atoms with E-state index in [4.69, 9.17) is 5.11 Å². The molecule has 0 saturated heterocycles. The molecular formula is C12H16N4O4.